The van der Waals surface area contributed by atoms with Gasteiger partial charge in [-0.2, -0.15) is 0 Å². The highest BCUT2D eigenvalue weighted by Crippen LogP contribution is 2.31. The molecule has 4 heteroatoms. The molecule has 94 valence electrons. The first-order valence-electron chi connectivity index (χ1n) is 5.38. The molecule has 3 N–H and O–H groups in total. The molecule has 0 radical (unpaired) electrons. The number of nitrogens with two attached hydrogens (primary N) is 1. The Morgan fingerprint density at radius 2 is 1.76 bits per heavy atom. The smallest absolute Gasteiger partial charge is 0.0693 e. The van der Waals surface area contributed by atoms with Crippen molar-refractivity contribution in [2.75, 3.05) is 12.3 Å². The fourth-order valence-corrected chi connectivity index (χ4v) is 1.75. The minimum atomic E-state index is 0.0460. The quantitative estimate of drug-likeness (QED) is 0.817. The molecule has 0 amide bonds. The predicted octanol–water partition coefficient (Wildman–Crippen LogP) is 3.98. The van der Waals surface area contributed by atoms with Crippen LogP contribution in [0.5, 0.6) is 0 Å². The Labute approximate surface area is 113 Å². The minimum Gasteiger partial charge on any atom is -0.396 e. The van der Waals surface area contributed by atoms with Gasteiger partial charge in [-0.05, 0) is 44.0 Å². The molecule has 0 atom stereocenters. The first-order chi connectivity index (χ1) is 7.70. The SMILES string of the molecule is C=C(CNC(C)(C)C)c1cc(Cl)c(N)c(Cl)c1. The maximum Gasteiger partial charge on any atom is 0.0693 e. The molecule has 0 spiro atoms. The maximum absolute atomic E-state index is 5.98. The molecule has 1 rings (SSSR count). The monoisotopic (exact) mass is 272 g/mol. The van der Waals surface area contributed by atoms with Crippen LogP contribution in [-0.4, -0.2) is 12.1 Å². The highest BCUT2D eigenvalue weighted by Gasteiger charge is 2.11. The molecule has 0 unspecified atom stereocenters. The summed E-state index contributed by atoms with van der Waals surface area (Å²) < 4.78 is 0. The normalized spacial score (nSPS) is 11.6. The number of anilines is 1. The van der Waals surface area contributed by atoms with Gasteiger partial charge in [0.25, 0.3) is 0 Å². The van der Waals surface area contributed by atoms with Crippen LogP contribution in [0.2, 0.25) is 10.0 Å². The zero-order valence-electron chi connectivity index (χ0n) is 10.4. The van der Waals surface area contributed by atoms with Gasteiger partial charge in [0, 0.05) is 12.1 Å². The van der Waals surface area contributed by atoms with Gasteiger partial charge >= 0.3 is 0 Å². The van der Waals surface area contributed by atoms with E-state index in [1.807, 2.05) is 0 Å². The van der Waals surface area contributed by atoms with E-state index in [0.29, 0.717) is 22.3 Å². The standard InChI is InChI=1S/C13H18Cl2N2/c1-8(7-17-13(2,3)4)9-5-10(14)12(16)11(15)6-9/h5-6,17H,1,7,16H2,2-4H3. The number of nitrogen functional groups attached to an aromatic ring is 1. The molecule has 0 aliphatic rings. The number of hydrogen-bond donors (Lipinski definition) is 2. The Morgan fingerprint density at radius 1 is 1.29 bits per heavy atom. The second-order valence-corrected chi connectivity index (χ2v) is 5.88. The molecule has 0 aliphatic heterocycles. The van der Waals surface area contributed by atoms with Crippen molar-refractivity contribution in [3.05, 3.63) is 34.3 Å². The summed E-state index contributed by atoms with van der Waals surface area (Å²) in [6.45, 7) is 11.0. The van der Waals surface area contributed by atoms with Gasteiger partial charge in [0.15, 0.2) is 0 Å². The third kappa shape index (κ3) is 4.23. The summed E-state index contributed by atoms with van der Waals surface area (Å²) in [4.78, 5) is 0. The van der Waals surface area contributed by atoms with Crippen molar-refractivity contribution >= 4 is 34.5 Å². The van der Waals surface area contributed by atoms with Crippen LogP contribution < -0.4 is 11.1 Å². The molecule has 0 heterocycles. The van der Waals surface area contributed by atoms with E-state index in [-0.39, 0.29) is 5.54 Å². The van der Waals surface area contributed by atoms with Gasteiger partial charge in [-0.1, -0.05) is 29.8 Å². The van der Waals surface area contributed by atoms with Gasteiger partial charge in [0.05, 0.1) is 15.7 Å². The van der Waals surface area contributed by atoms with Gasteiger partial charge in [-0.15, -0.1) is 0 Å². The van der Waals surface area contributed by atoms with Crippen LogP contribution in [0.4, 0.5) is 5.69 Å². The van der Waals surface area contributed by atoms with E-state index < -0.39 is 0 Å². The van der Waals surface area contributed by atoms with E-state index in [4.69, 9.17) is 28.9 Å². The Morgan fingerprint density at radius 3 is 2.18 bits per heavy atom. The van der Waals surface area contributed by atoms with E-state index in [0.717, 1.165) is 11.1 Å². The second-order valence-electron chi connectivity index (χ2n) is 5.06. The average molecular weight is 273 g/mol. The molecule has 0 bridgehead atoms. The van der Waals surface area contributed by atoms with Crippen LogP contribution >= 0.6 is 23.2 Å². The molecule has 0 saturated heterocycles. The van der Waals surface area contributed by atoms with Crippen molar-refractivity contribution < 1.29 is 0 Å². The molecule has 1 aromatic rings. The molecule has 0 aliphatic carbocycles. The highest BCUT2D eigenvalue weighted by molar-refractivity contribution is 6.39. The zero-order valence-corrected chi connectivity index (χ0v) is 11.9. The molecule has 1 aromatic carbocycles. The lowest BCUT2D eigenvalue weighted by Gasteiger charge is -2.21. The molecule has 0 fully saturated rings. The van der Waals surface area contributed by atoms with Crippen molar-refractivity contribution in [3.8, 4) is 0 Å². The number of halogens is 2. The van der Waals surface area contributed by atoms with Gasteiger partial charge < -0.3 is 11.1 Å². The third-order valence-electron chi connectivity index (χ3n) is 2.32. The maximum atomic E-state index is 5.98. The van der Waals surface area contributed by atoms with E-state index in [9.17, 15) is 0 Å². The summed E-state index contributed by atoms with van der Waals surface area (Å²) in [6.07, 6.45) is 0. The van der Waals surface area contributed by atoms with Crippen LogP contribution in [0.3, 0.4) is 0 Å². The summed E-state index contributed by atoms with van der Waals surface area (Å²) in [5, 5.41) is 4.28. The van der Waals surface area contributed by atoms with E-state index in [2.05, 4.69) is 32.7 Å². The second kappa shape index (κ2) is 5.30. The Kier molecular flexibility index (Phi) is 4.48. The van der Waals surface area contributed by atoms with Crippen LogP contribution in [-0.2, 0) is 0 Å². The van der Waals surface area contributed by atoms with Crippen LogP contribution in [0, 0.1) is 0 Å². The molecular weight excluding hydrogens is 255 g/mol. The van der Waals surface area contributed by atoms with Crippen LogP contribution in [0.25, 0.3) is 5.57 Å². The Balaban J connectivity index is 2.84. The first-order valence-corrected chi connectivity index (χ1v) is 6.14. The summed E-state index contributed by atoms with van der Waals surface area (Å²) >= 11 is 12.0. The number of rotatable bonds is 3. The lowest BCUT2D eigenvalue weighted by Crippen LogP contribution is -2.36. The van der Waals surface area contributed by atoms with Crippen molar-refractivity contribution in [1.82, 2.24) is 5.32 Å². The number of nitrogens with one attached hydrogen (secondary N) is 1. The average Bonchev–Trinajstić information content (AvgIpc) is 2.20. The van der Waals surface area contributed by atoms with E-state index in [1.54, 1.807) is 12.1 Å². The van der Waals surface area contributed by atoms with Crippen molar-refractivity contribution in [2.24, 2.45) is 0 Å². The largest absolute Gasteiger partial charge is 0.396 e. The first kappa shape index (κ1) is 14.4. The van der Waals surface area contributed by atoms with Crippen LogP contribution in [0.1, 0.15) is 26.3 Å². The Bertz CT molecular complexity index is 411. The molecule has 0 aromatic heterocycles. The fourth-order valence-electron chi connectivity index (χ4n) is 1.26. The number of hydrogen-bond acceptors (Lipinski definition) is 2. The van der Waals surface area contributed by atoms with Gasteiger partial charge in [0.2, 0.25) is 0 Å². The molecule has 17 heavy (non-hydrogen) atoms. The van der Waals surface area contributed by atoms with E-state index in [1.165, 1.54) is 0 Å². The van der Waals surface area contributed by atoms with Crippen LogP contribution in [0.15, 0.2) is 18.7 Å². The lowest BCUT2D eigenvalue weighted by molar-refractivity contribution is 0.452. The zero-order chi connectivity index (χ0) is 13.2. The van der Waals surface area contributed by atoms with Gasteiger partial charge in [-0.25, -0.2) is 0 Å². The number of benzene rings is 1. The minimum absolute atomic E-state index is 0.0460. The predicted molar refractivity (Wildman–Crippen MR) is 77.7 cm³/mol. The van der Waals surface area contributed by atoms with E-state index >= 15 is 0 Å². The highest BCUT2D eigenvalue weighted by atomic mass is 35.5. The summed E-state index contributed by atoms with van der Waals surface area (Å²) in [7, 11) is 0. The van der Waals surface area contributed by atoms with Crippen molar-refractivity contribution in [2.45, 2.75) is 26.3 Å². The summed E-state index contributed by atoms with van der Waals surface area (Å²) in [5.41, 5.74) is 7.98. The summed E-state index contributed by atoms with van der Waals surface area (Å²) in [5.74, 6) is 0. The lowest BCUT2D eigenvalue weighted by atomic mass is 10.0. The fraction of sp³-hybridized carbons (Fsp3) is 0.385. The Hall–Kier alpha value is -0.700. The van der Waals surface area contributed by atoms with Gasteiger partial charge in [0.1, 0.15) is 0 Å². The molecular formula is C13H18Cl2N2. The topological polar surface area (TPSA) is 38.0 Å². The summed E-state index contributed by atoms with van der Waals surface area (Å²) in [6, 6.07) is 3.57. The third-order valence-corrected chi connectivity index (χ3v) is 2.94. The van der Waals surface area contributed by atoms with Crippen molar-refractivity contribution in [3.63, 3.8) is 0 Å². The van der Waals surface area contributed by atoms with Gasteiger partial charge in [-0.3, -0.25) is 0 Å². The van der Waals surface area contributed by atoms with Crippen molar-refractivity contribution in [1.29, 1.82) is 0 Å². The molecule has 2 nitrogen and oxygen atoms in total. The molecule has 0 saturated carbocycles.